The summed E-state index contributed by atoms with van der Waals surface area (Å²) < 4.78 is 28.4. The van der Waals surface area contributed by atoms with E-state index in [1.807, 2.05) is 0 Å². The molecule has 6 heteroatoms. The molecule has 0 spiro atoms. The number of anilines is 1. The number of nitrogens with one attached hydrogen (secondary N) is 1. The van der Waals surface area contributed by atoms with Crippen LogP contribution in [0.15, 0.2) is 24.3 Å². The van der Waals surface area contributed by atoms with Crippen LogP contribution in [-0.2, 0) is 4.79 Å². The van der Waals surface area contributed by atoms with Crippen LogP contribution in [0.25, 0.3) is 0 Å². The molecule has 1 aromatic carbocycles. The maximum Gasteiger partial charge on any atom is 0.387 e. The quantitative estimate of drug-likeness (QED) is 0.882. The van der Waals surface area contributed by atoms with Crippen LogP contribution in [0.3, 0.4) is 0 Å². The lowest BCUT2D eigenvalue weighted by atomic mass is 10.1. The molecule has 0 bridgehead atoms. The van der Waals surface area contributed by atoms with Gasteiger partial charge in [-0.25, -0.2) is 0 Å². The van der Waals surface area contributed by atoms with Gasteiger partial charge >= 0.3 is 6.61 Å². The molecule has 1 aliphatic rings. The van der Waals surface area contributed by atoms with Crippen molar-refractivity contribution in [2.24, 2.45) is 11.7 Å². The summed E-state index contributed by atoms with van der Waals surface area (Å²) in [6.45, 7) is -2.88. The highest BCUT2D eigenvalue weighted by Crippen LogP contribution is 2.26. The van der Waals surface area contributed by atoms with Crippen molar-refractivity contribution in [1.82, 2.24) is 0 Å². The zero-order valence-electron chi connectivity index (χ0n) is 10.3. The molecule has 0 radical (unpaired) electrons. The minimum Gasteiger partial charge on any atom is -0.435 e. The molecule has 0 aliphatic heterocycles. The molecule has 2 unspecified atom stereocenters. The van der Waals surface area contributed by atoms with E-state index < -0.39 is 6.61 Å². The second kappa shape index (κ2) is 5.97. The predicted octanol–water partition coefficient (Wildman–Crippen LogP) is 2.35. The number of benzene rings is 1. The molecule has 1 aromatic rings. The van der Waals surface area contributed by atoms with Crippen LogP contribution in [0.2, 0.25) is 0 Å². The zero-order valence-corrected chi connectivity index (χ0v) is 10.3. The van der Waals surface area contributed by atoms with Gasteiger partial charge in [0.25, 0.3) is 0 Å². The normalized spacial score (nSPS) is 22.5. The third-order valence-corrected chi connectivity index (χ3v) is 3.17. The maximum atomic E-state index is 12.1. The van der Waals surface area contributed by atoms with Crippen molar-refractivity contribution < 1.29 is 18.3 Å². The Bertz CT molecular complexity index is 454. The van der Waals surface area contributed by atoms with E-state index in [0.29, 0.717) is 12.1 Å². The lowest BCUT2D eigenvalue weighted by Gasteiger charge is -2.12. The number of carbonyl (C=O) groups excluding carboxylic acids is 1. The maximum absolute atomic E-state index is 12.1. The molecule has 19 heavy (non-hydrogen) atoms. The summed E-state index contributed by atoms with van der Waals surface area (Å²) in [5.41, 5.74) is 6.20. The Labute approximate surface area is 109 Å². The number of ether oxygens (including phenoxy) is 1. The standard InChI is InChI=1S/C13H16F2N2O2/c14-13(15)19-11-3-1-2-10(7-11)17-12(18)8-4-5-9(16)6-8/h1-3,7-9,13H,4-6,16H2,(H,17,18). The number of hydrogen-bond acceptors (Lipinski definition) is 3. The molecule has 104 valence electrons. The molecule has 2 rings (SSSR count). The Kier molecular flexibility index (Phi) is 4.31. The lowest BCUT2D eigenvalue weighted by molar-refractivity contribution is -0.119. The fraction of sp³-hybridized carbons (Fsp3) is 0.462. The number of halogens is 2. The van der Waals surface area contributed by atoms with Crippen molar-refractivity contribution in [3.63, 3.8) is 0 Å². The van der Waals surface area contributed by atoms with E-state index in [2.05, 4.69) is 10.1 Å². The molecule has 0 aromatic heterocycles. The highest BCUT2D eigenvalue weighted by Gasteiger charge is 2.27. The van der Waals surface area contributed by atoms with Gasteiger partial charge in [0.15, 0.2) is 0 Å². The highest BCUT2D eigenvalue weighted by molar-refractivity contribution is 5.92. The molecule has 0 heterocycles. The summed E-state index contributed by atoms with van der Waals surface area (Å²) in [7, 11) is 0. The van der Waals surface area contributed by atoms with E-state index >= 15 is 0 Å². The number of rotatable bonds is 4. The summed E-state index contributed by atoms with van der Waals surface area (Å²) in [6.07, 6.45) is 2.27. The monoisotopic (exact) mass is 270 g/mol. The van der Waals surface area contributed by atoms with Gasteiger partial charge in [-0.15, -0.1) is 0 Å². The van der Waals surface area contributed by atoms with Gasteiger partial charge in [-0.2, -0.15) is 8.78 Å². The van der Waals surface area contributed by atoms with Crippen molar-refractivity contribution in [3.05, 3.63) is 24.3 Å². The van der Waals surface area contributed by atoms with Crippen LogP contribution in [-0.4, -0.2) is 18.6 Å². The Balaban J connectivity index is 1.96. The van der Waals surface area contributed by atoms with Crippen LogP contribution < -0.4 is 15.8 Å². The predicted molar refractivity (Wildman–Crippen MR) is 67.0 cm³/mol. The van der Waals surface area contributed by atoms with E-state index in [-0.39, 0.29) is 23.6 Å². The van der Waals surface area contributed by atoms with Gasteiger partial charge in [-0.05, 0) is 31.4 Å². The van der Waals surface area contributed by atoms with E-state index in [9.17, 15) is 13.6 Å². The first-order valence-corrected chi connectivity index (χ1v) is 6.16. The number of amides is 1. The number of hydrogen-bond donors (Lipinski definition) is 2. The Morgan fingerprint density at radius 1 is 1.42 bits per heavy atom. The van der Waals surface area contributed by atoms with Gasteiger partial charge in [0.05, 0.1) is 0 Å². The fourth-order valence-electron chi connectivity index (χ4n) is 2.25. The molecular weight excluding hydrogens is 254 g/mol. The first kappa shape index (κ1) is 13.7. The Morgan fingerprint density at radius 3 is 2.84 bits per heavy atom. The molecule has 1 fully saturated rings. The van der Waals surface area contributed by atoms with Crippen molar-refractivity contribution in [2.45, 2.75) is 31.9 Å². The van der Waals surface area contributed by atoms with Gasteiger partial charge in [0, 0.05) is 23.7 Å². The first-order chi connectivity index (χ1) is 9.04. The van der Waals surface area contributed by atoms with E-state index in [1.165, 1.54) is 12.1 Å². The molecule has 2 atom stereocenters. The van der Waals surface area contributed by atoms with Gasteiger partial charge in [-0.1, -0.05) is 6.07 Å². The van der Waals surface area contributed by atoms with Crippen molar-refractivity contribution in [3.8, 4) is 5.75 Å². The molecule has 3 N–H and O–H groups in total. The van der Waals surface area contributed by atoms with Crippen LogP contribution in [0.4, 0.5) is 14.5 Å². The SMILES string of the molecule is NC1CCC(C(=O)Nc2cccc(OC(F)F)c2)C1. The van der Waals surface area contributed by atoms with Gasteiger partial charge in [0.2, 0.25) is 5.91 Å². The average molecular weight is 270 g/mol. The topological polar surface area (TPSA) is 64.4 Å². The summed E-state index contributed by atoms with van der Waals surface area (Å²) in [5.74, 6) is -0.201. The summed E-state index contributed by atoms with van der Waals surface area (Å²) in [6, 6.07) is 6.04. The lowest BCUT2D eigenvalue weighted by Crippen LogP contribution is -2.23. The third kappa shape index (κ3) is 3.89. The highest BCUT2D eigenvalue weighted by atomic mass is 19.3. The van der Waals surface area contributed by atoms with Gasteiger partial charge < -0.3 is 15.8 Å². The largest absolute Gasteiger partial charge is 0.435 e. The van der Waals surface area contributed by atoms with Crippen molar-refractivity contribution in [1.29, 1.82) is 0 Å². The first-order valence-electron chi connectivity index (χ1n) is 6.16. The van der Waals surface area contributed by atoms with E-state index in [4.69, 9.17) is 5.73 Å². The molecule has 1 aliphatic carbocycles. The number of alkyl halides is 2. The Hall–Kier alpha value is -1.69. The molecule has 4 nitrogen and oxygen atoms in total. The average Bonchev–Trinajstić information content (AvgIpc) is 2.75. The van der Waals surface area contributed by atoms with Gasteiger partial charge in [0.1, 0.15) is 5.75 Å². The smallest absolute Gasteiger partial charge is 0.387 e. The third-order valence-electron chi connectivity index (χ3n) is 3.17. The van der Waals surface area contributed by atoms with Crippen molar-refractivity contribution >= 4 is 11.6 Å². The zero-order chi connectivity index (χ0) is 13.8. The second-order valence-electron chi connectivity index (χ2n) is 4.67. The second-order valence-corrected chi connectivity index (χ2v) is 4.67. The van der Waals surface area contributed by atoms with Crippen LogP contribution in [0, 0.1) is 5.92 Å². The molecule has 1 amide bonds. The molecular formula is C13H16F2N2O2. The van der Waals surface area contributed by atoms with Crippen LogP contribution >= 0.6 is 0 Å². The van der Waals surface area contributed by atoms with Crippen molar-refractivity contribution in [2.75, 3.05) is 5.32 Å². The number of carbonyl (C=O) groups is 1. The van der Waals surface area contributed by atoms with E-state index in [0.717, 1.165) is 12.8 Å². The minimum absolute atomic E-state index is 0.0240. The van der Waals surface area contributed by atoms with Crippen LogP contribution in [0.5, 0.6) is 5.75 Å². The fourth-order valence-corrected chi connectivity index (χ4v) is 2.25. The summed E-state index contributed by atoms with van der Waals surface area (Å²) >= 11 is 0. The number of nitrogens with two attached hydrogens (primary N) is 1. The molecule has 0 saturated heterocycles. The minimum atomic E-state index is -2.88. The summed E-state index contributed by atoms with van der Waals surface area (Å²) in [5, 5.41) is 2.70. The molecule has 1 saturated carbocycles. The van der Waals surface area contributed by atoms with E-state index in [1.54, 1.807) is 12.1 Å². The summed E-state index contributed by atoms with van der Waals surface area (Å²) in [4.78, 5) is 11.9. The van der Waals surface area contributed by atoms with Gasteiger partial charge in [-0.3, -0.25) is 4.79 Å². The Morgan fingerprint density at radius 2 is 2.21 bits per heavy atom. The van der Waals surface area contributed by atoms with Crippen LogP contribution in [0.1, 0.15) is 19.3 Å².